The van der Waals surface area contributed by atoms with Gasteiger partial charge in [-0.1, -0.05) is 6.07 Å². The fraction of sp³-hybridized carbons (Fsp3) is 0.389. The quantitative estimate of drug-likeness (QED) is 0.825. The Morgan fingerprint density at radius 3 is 2.96 bits per heavy atom. The minimum absolute atomic E-state index is 0.102. The first-order chi connectivity index (χ1) is 11.6. The molecule has 24 heavy (non-hydrogen) atoms. The summed E-state index contributed by atoms with van der Waals surface area (Å²) in [6.07, 6.45) is 7.04. The van der Waals surface area contributed by atoms with Gasteiger partial charge >= 0.3 is 0 Å². The van der Waals surface area contributed by atoms with Crippen LogP contribution in [-0.2, 0) is 18.3 Å². The van der Waals surface area contributed by atoms with Crippen LogP contribution in [0.3, 0.4) is 0 Å². The van der Waals surface area contributed by atoms with E-state index in [1.165, 1.54) is 5.56 Å². The summed E-state index contributed by atoms with van der Waals surface area (Å²) in [6, 6.07) is 7.27. The summed E-state index contributed by atoms with van der Waals surface area (Å²) in [5, 5.41) is 7.06. The van der Waals surface area contributed by atoms with Crippen molar-refractivity contribution in [2.45, 2.75) is 25.7 Å². The minimum Gasteiger partial charge on any atom is -0.352 e. The van der Waals surface area contributed by atoms with Crippen LogP contribution in [0.25, 0.3) is 0 Å². The van der Waals surface area contributed by atoms with Crippen molar-refractivity contribution in [2.24, 2.45) is 7.05 Å². The lowest BCUT2D eigenvalue weighted by atomic mass is 10.1. The number of carbonyl (C=O) groups is 2. The zero-order valence-electron chi connectivity index (χ0n) is 13.9. The van der Waals surface area contributed by atoms with Crippen LogP contribution >= 0.6 is 0 Å². The normalized spacial score (nSPS) is 14.2. The van der Waals surface area contributed by atoms with Crippen LogP contribution in [0.2, 0.25) is 0 Å². The second kappa shape index (κ2) is 7.29. The Balaban J connectivity index is 1.52. The first-order valence-corrected chi connectivity index (χ1v) is 8.29. The lowest BCUT2D eigenvalue weighted by Gasteiger charge is -2.16. The lowest BCUT2D eigenvalue weighted by Crippen LogP contribution is -2.26. The highest BCUT2D eigenvalue weighted by atomic mass is 16.2. The SMILES string of the molecule is Cn1cc(CCCNC(=O)c2cccc(N3CCCC3=O)c2)cn1. The number of anilines is 1. The number of hydrogen-bond donors (Lipinski definition) is 1. The van der Waals surface area contributed by atoms with E-state index in [0.717, 1.165) is 31.5 Å². The molecular formula is C18H22N4O2. The molecule has 1 saturated heterocycles. The number of nitrogens with zero attached hydrogens (tertiary/aromatic N) is 3. The Kier molecular flexibility index (Phi) is 4.93. The molecule has 0 saturated carbocycles. The molecule has 0 aliphatic carbocycles. The Bertz CT molecular complexity index is 738. The van der Waals surface area contributed by atoms with Gasteiger partial charge in [-0.2, -0.15) is 5.10 Å². The Labute approximate surface area is 141 Å². The maximum atomic E-state index is 12.3. The van der Waals surface area contributed by atoms with Crippen LogP contribution in [-0.4, -0.2) is 34.7 Å². The maximum Gasteiger partial charge on any atom is 0.251 e. The standard InChI is InChI=1S/C18H22N4O2/c1-21-13-14(12-20-21)5-3-9-19-18(24)15-6-2-7-16(11-15)22-10-4-8-17(22)23/h2,6-7,11-13H,3-5,8-10H2,1H3,(H,19,24). The van der Waals surface area contributed by atoms with Crippen molar-refractivity contribution >= 4 is 17.5 Å². The van der Waals surface area contributed by atoms with E-state index in [9.17, 15) is 9.59 Å². The number of benzene rings is 1. The van der Waals surface area contributed by atoms with Crippen molar-refractivity contribution in [3.05, 3.63) is 47.8 Å². The molecule has 1 aliphatic rings. The number of nitrogens with one attached hydrogen (secondary N) is 1. The van der Waals surface area contributed by atoms with E-state index in [2.05, 4.69) is 10.4 Å². The summed E-state index contributed by atoms with van der Waals surface area (Å²) in [5.74, 6) is 0.0266. The molecule has 0 atom stereocenters. The minimum atomic E-state index is -0.102. The smallest absolute Gasteiger partial charge is 0.251 e. The highest BCUT2D eigenvalue weighted by molar-refractivity contribution is 5.99. The van der Waals surface area contributed by atoms with E-state index in [-0.39, 0.29) is 11.8 Å². The summed E-state index contributed by atoms with van der Waals surface area (Å²) < 4.78 is 1.78. The maximum absolute atomic E-state index is 12.3. The molecule has 0 radical (unpaired) electrons. The van der Waals surface area contributed by atoms with Gasteiger partial charge in [0.1, 0.15) is 0 Å². The van der Waals surface area contributed by atoms with Gasteiger partial charge in [0.2, 0.25) is 5.91 Å². The molecule has 126 valence electrons. The third-order valence-corrected chi connectivity index (χ3v) is 4.18. The molecule has 0 spiro atoms. The van der Waals surface area contributed by atoms with Gasteiger partial charge in [0.25, 0.3) is 5.91 Å². The summed E-state index contributed by atoms with van der Waals surface area (Å²) in [7, 11) is 1.89. The summed E-state index contributed by atoms with van der Waals surface area (Å²) in [6.45, 7) is 1.34. The molecule has 2 amide bonds. The van der Waals surface area contributed by atoms with Crippen molar-refractivity contribution in [3.8, 4) is 0 Å². The highest BCUT2D eigenvalue weighted by Gasteiger charge is 2.22. The Hall–Kier alpha value is -2.63. The zero-order valence-corrected chi connectivity index (χ0v) is 13.9. The van der Waals surface area contributed by atoms with Gasteiger partial charge < -0.3 is 10.2 Å². The van der Waals surface area contributed by atoms with Crippen LogP contribution in [0.5, 0.6) is 0 Å². The van der Waals surface area contributed by atoms with Crippen molar-refractivity contribution in [2.75, 3.05) is 18.0 Å². The molecule has 1 aromatic carbocycles. The van der Waals surface area contributed by atoms with E-state index in [1.54, 1.807) is 21.7 Å². The molecule has 1 fully saturated rings. The van der Waals surface area contributed by atoms with E-state index in [1.807, 2.05) is 31.6 Å². The van der Waals surface area contributed by atoms with Crippen molar-refractivity contribution in [1.29, 1.82) is 0 Å². The van der Waals surface area contributed by atoms with Crippen molar-refractivity contribution in [1.82, 2.24) is 15.1 Å². The second-order valence-corrected chi connectivity index (χ2v) is 6.08. The molecule has 0 bridgehead atoms. The molecule has 6 heteroatoms. The average Bonchev–Trinajstić information content (AvgIpc) is 3.20. The zero-order chi connectivity index (χ0) is 16.9. The van der Waals surface area contributed by atoms with Gasteiger partial charge in [0.05, 0.1) is 6.20 Å². The van der Waals surface area contributed by atoms with Crippen LogP contribution in [0, 0.1) is 0 Å². The predicted molar refractivity (Wildman–Crippen MR) is 91.9 cm³/mol. The Morgan fingerprint density at radius 2 is 2.25 bits per heavy atom. The molecule has 1 aromatic heterocycles. The topological polar surface area (TPSA) is 67.2 Å². The highest BCUT2D eigenvalue weighted by Crippen LogP contribution is 2.22. The van der Waals surface area contributed by atoms with Crippen LogP contribution in [0.15, 0.2) is 36.7 Å². The number of aryl methyl sites for hydroxylation is 2. The van der Waals surface area contributed by atoms with Crippen LogP contribution in [0.4, 0.5) is 5.69 Å². The molecule has 3 rings (SSSR count). The van der Waals surface area contributed by atoms with E-state index in [0.29, 0.717) is 18.5 Å². The fourth-order valence-corrected chi connectivity index (χ4v) is 2.93. The number of carbonyl (C=O) groups excluding carboxylic acids is 2. The molecule has 2 aromatic rings. The van der Waals surface area contributed by atoms with Gasteiger partial charge in [-0.25, -0.2) is 0 Å². The molecular weight excluding hydrogens is 304 g/mol. The first kappa shape index (κ1) is 16.2. The molecule has 1 aliphatic heterocycles. The third kappa shape index (κ3) is 3.82. The summed E-state index contributed by atoms with van der Waals surface area (Å²) in [4.78, 5) is 25.8. The summed E-state index contributed by atoms with van der Waals surface area (Å²) >= 11 is 0. The average molecular weight is 326 g/mol. The van der Waals surface area contributed by atoms with Gasteiger partial charge in [0.15, 0.2) is 0 Å². The van der Waals surface area contributed by atoms with Crippen LogP contribution < -0.4 is 10.2 Å². The monoisotopic (exact) mass is 326 g/mol. The van der Waals surface area contributed by atoms with E-state index < -0.39 is 0 Å². The largest absolute Gasteiger partial charge is 0.352 e. The lowest BCUT2D eigenvalue weighted by molar-refractivity contribution is -0.117. The van der Waals surface area contributed by atoms with Gasteiger partial charge in [0, 0.05) is 44.0 Å². The Morgan fingerprint density at radius 1 is 1.38 bits per heavy atom. The fourth-order valence-electron chi connectivity index (χ4n) is 2.93. The number of hydrogen-bond acceptors (Lipinski definition) is 3. The van der Waals surface area contributed by atoms with Crippen molar-refractivity contribution in [3.63, 3.8) is 0 Å². The molecule has 2 heterocycles. The molecule has 6 nitrogen and oxygen atoms in total. The van der Waals surface area contributed by atoms with Gasteiger partial charge in [-0.15, -0.1) is 0 Å². The van der Waals surface area contributed by atoms with E-state index >= 15 is 0 Å². The number of aromatic nitrogens is 2. The summed E-state index contributed by atoms with van der Waals surface area (Å²) in [5.41, 5.74) is 2.57. The predicted octanol–water partition coefficient (Wildman–Crippen LogP) is 1.91. The molecule has 0 unspecified atom stereocenters. The van der Waals surface area contributed by atoms with Gasteiger partial charge in [-0.05, 0) is 43.0 Å². The molecule has 1 N–H and O–H groups in total. The third-order valence-electron chi connectivity index (χ3n) is 4.18. The van der Waals surface area contributed by atoms with Crippen molar-refractivity contribution < 1.29 is 9.59 Å². The first-order valence-electron chi connectivity index (χ1n) is 8.29. The van der Waals surface area contributed by atoms with E-state index in [4.69, 9.17) is 0 Å². The second-order valence-electron chi connectivity index (χ2n) is 6.08. The van der Waals surface area contributed by atoms with Gasteiger partial charge in [-0.3, -0.25) is 14.3 Å². The van der Waals surface area contributed by atoms with Crippen LogP contribution in [0.1, 0.15) is 35.2 Å². The number of rotatable bonds is 6. The number of amides is 2.